The monoisotopic (exact) mass is 364 g/mol. The van der Waals surface area contributed by atoms with Crippen LogP contribution < -0.4 is 0 Å². The summed E-state index contributed by atoms with van der Waals surface area (Å²) in [4.78, 5) is 3.28. The second-order valence-corrected chi connectivity index (χ2v) is 7.19. The molecule has 0 aliphatic heterocycles. The van der Waals surface area contributed by atoms with Gasteiger partial charge in [0, 0.05) is 26.0 Å². The third-order valence-corrected chi connectivity index (χ3v) is 5.36. The molecular formula is C14H12ClF3N2O2S. The van der Waals surface area contributed by atoms with Crippen LogP contribution in [0.3, 0.4) is 0 Å². The lowest BCUT2D eigenvalue weighted by Gasteiger charge is -2.19. The zero-order valence-corrected chi connectivity index (χ0v) is 13.5. The molecule has 0 amide bonds. The molecule has 0 atom stereocenters. The Kier molecular flexibility index (Phi) is 4.98. The Morgan fingerprint density at radius 3 is 2.52 bits per heavy atom. The normalized spacial score (nSPS) is 12.6. The average molecular weight is 365 g/mol. The van der Waals surface area contributed by atoms with E-state index in [0.29, 0.717) is 11.6 Å². The van der Waals surface area contributed by atoms with Gasteiger partial charge in [0.05, 0.1) is 10.6 Å². The van der Waals surface area contributed by atoms with Crippen molar-refractivity contribution >= 4 is 21.6 Å². The molecule has 0 N–H and O–H groups in total. The van der Waals surface area contributed by atoms with Crippen LogP contribution in [0.4, 0.5) is 13.2 Å². The number of hydrogen-bond donors (Lipinski definition) is 0. The molecule has 124 valence electrons. The summed E-state index contributed by atoms with van der Waals surface area (Å²) in [5, 5.41) is -0.268. The quantitative estimate of drug-likeness (QED) is 0.833. The fourth-order valence-corrected chi connectivity index (χ4v) is 3.53. The van der Waals surface area contributed by atoms with E-state index in [0.717, 1.165) is 16.4 Å². The summed E-state index contributed by atoms with van der Waals surface area (Å²) in [6, 6.07) is 5.49. The van der Waals surface area contributed by atoms with E-state index < -0.39 is 26.7 Å². The van der Waals surface area contributed by atoms with Gasteiger partial charge in [0.1, 0.15) is 4.90 Å². The van der Waals surface area contributed by atoms with Gasteiger partial charge >= 0.3 is 6.18 Å². The molecule has 0 fully saturated rings. The number of benzene rings is 1. The van der Waals surface area contributed by atoms with Crippen LogP contribution in [0.15, 0.2) is 47.6 Å². The van der Waals surface area contributed by atoms with Crippen LogP contribution in [0.25, 0.3) is 0 Å². The molecule has 0 radical (unpaired) electrons. The van der Waals surface area contributed by atoms with E-state index >= 15 is 0 Å². The van der Waals surface area contributed by atoms with Crippen molar-refractivity contribution in [3.8, 4) is 0 Å². The van der Waals surface area contributed by atoms with Crippen LogP contribution >= 0.6 is 11.6 Å². The van der Waals surface area contributed by atoms with Gasteiger partial charge in [0.2, 0.25) is 10.0 Å². The van der Waals surface area contributed by atoms with Crippen LogP contribution in [-0.4, -0.2) is 24.8 Å². The number of alkyl halides is 3. The number of hydrogen-bond acceptors (Lipinski definition) is 3. The Morgan fingerprint density at radius 1 is 1.26 bits per heavy atom. The van der Waals surface area contributed by atoms with Gasteiger partial charge in [0.25, 0.3) is 0 Å². The van der Waals surface area contributed by atoms with Crippen LogP contribution in [0, 0.1) is 0 Å². The minimum absolute atomic E-state index is 0.0389. The zero-order valence-electron chi connectivity index (χ0n) is 11.9. The molecular weight excluding hydrogens is 353 g/mol. The maximum Gasteiger partial charge on any atom is 0.416 e. The molecule has 0 aliphatic carbocycles. The molecule has 0 saturated carbocycles. The van der Waals surface area contributed by atoms with E-state index in [2.05, 4.69) is 4.98 Å². The molecule has 1 aromatic heterocycles. The summed E-state index contributed by atoms with van der Waals surface area (Å²) < 4.78 is 64.2. The Hall–Kier alpha value is -1.64. The lowest BCUT2D eigenvalue weighted by molar-refractivity contribution is -0.137. The molecule has 9 heteroatoms. The van der Waals surface area contributed by atoms with Crippen LogP contribution in [0.2, 0.25) is 5.02 Å². The summed E-state index contributed by atoms with van der Waals surface area (Å²) in [6.45, 7) is -0.0389. The zero-order chi connectivity index (χ0) is 17.3. The van der Waals surface area contributed by atoms with Gasteiger partial charge < -0.3 is 0 Å². The highest BCUT2D eigenvalue weighted by Gasteiger charge is 2.33. The van der Waals surface area contributed by atoms with Gasteiger partial charge in [-0.1, -0.05) is 17.7 Å². The average Bonchev–Trinajstić information content (AvgIpc) is 2.47. The van der Waals surface area contributed by atoms with Gasteiger partial charge in [-0.3, -0.25) is 4.98 Å². The van der Waals surface area contributed by atoms with E-state index in [9.17, 15) is 21.6 Å². The van der Waals surface area contributed by atoms with Crippen molar-refractivity contribution in [3.05, 3.63) is 58.9 Å². The Bertz CT molecular complexity index is 795. The van der Waals surface area contributed by atoms with E-state index in [1.54, 1.807) is 12.1 Å². The van der Waals surface area contributed by atoms with Crippen molar-refractivity contribution in [2.24, 2.45) is 0 Å². The first-order valence-electron chi connectivity index (χ1n) is 6.34. The lowest BCUT2D eigenvalue weighted by atomic mass is 10.2. The van der Waals surface area contributed by atoms with Crippen LogP contribution in [0.5, 0.6) is 0 Å². The largest absolute Gasteiger partial charge is 0.416 e. The Labute approximate surface area is 136 Å². The van der Waals surface area contributed by atoms with Crippen molar-refractivity contribution in [3.63, 3.8) is 0 Å². The van der Waals surface area contributed by atoms with Crippen molar-refractivity contribution in [2.75, 3.05) is 7.05 Å². The lowest BCUT2D eigenvalue weighted by Crippen LogP contribution is -2.27. The molecule has 1 heterocycles. The van der Waals surface area contributed by atoms with Gasteiger partial charge in [-0.2, -0.15) is 17.5 Å². The number of aromatic nitrogens is 1. The first-order chi connectivity index (χ1) is 10.6. The second-order valence-electron chi connectivity index (χ2n) is 4.77. The molecule has 0 aliphatic rings. The van der Waals surface area contributed by atoms with Crippen molar-refractivity contribution in [2.45, 2.75) is 17.6 Å². The third kappa shape index (κ3) is 4.01. The predicted octanol–water partition coefficient (Wildman–Crippen LogP) is 3.57. The van der Waals surface area contributed by atoms with Crippen molar-refractivity contribution in [1.82, 2.24) is 9.29 Å². The van der Waals surface area contributed by atoms with E-state index in [4.69, 9.17) is 11.6 Å². The summed E-state index contributed by atoms with van der Waals surface area (Å²) in [7, 11) is -2.91. The molecule has 2 rings (SSSR count). The van der Waals surface area contributed by atoms with Gasteiger partial charge in [-0.15, -0.1) is 0 Å². The number of pyridine rings is 1. The molecule has 0 unspecified atom stereocenters. The van der Waals surface area contributed by atoms with E-state index in [-0.39, 0.29) is 11.6 Å². The highest BCUT2D eigenvalue weighted by molar-refractivity contribution is 7.89. The molecule has 2 aromatic rings. The number of sulfonamides is 1. The first kappa shape index (κ1) is 17.7. The van der Waals surface area contributed by atoms with E-state index in [1.165, 1.54) is 19.4 Å². The third-order valence-electron chi connectivity index (χ3n) is 3.07. The summed E-state index contributed by atoms with van der Waals surface area (Å²) in [5.74, 6) is 0. The smallest absolute Gasteiger partial charge is 0.264 e. The number of halogens is 4. The topological polar surface area (TPSA) is 50.3 Å². The summed E-state index contributed by atoms with van der Waals surface area (Å²) in [6.07, 6.45) is -1.65. The van der Waals surface area contributed by atoms with E-state index in [1.807, 2.05) is 0 Å². The summed E-state index contributed by atoms with van der Waals surface area (Å²) >= 11 is 5.79. The second kappa shape index (κ2) is 6.46. The van der Waals surface area contributed by atoms with Crippen LogP contribution in [-0.2, 0) is 22.7 Å². The standard InChI is InChI=1S/C14H12ClF3N2O2S/c1-20(9-10-3-2-6-19-8-10)23(21,22)13-7-11(14(16,17)18)4-5-12(13)15/h2-8H,9H2,1H3. The molecule has 23 heavy (non-hydrogen) atoms. The minimum atomic E-state index is -4.66. The molecule has 1 aromatic carbocycles. The molecule has 0 spiro atoms. The molecule has 0 bridgehead atoms. The van der Waals surface area contributed by atoms with Gasteiger partial charge in [0.15, 0.2) is 0 Å². The van der Waals surface area contributed by atoms with Crippen LogP contribution in [0.1, 0.15) is 11.1 Å². The highest BCUT2D eigenvalue weighted by atomic mass is 35.5. The van der Waals surface area contributed by atoms with Gasteiger partial charge in [-0.25, -0.2) is 8.42 Å². The summed E-state index contributed by atoms with van der Waals surface area (Å²) in [5.41, 5.74) is -0.475. The Morgan fingerprint density at radius 2 is 1.96 bits per heavy atom. The fourth-order valence-electron chi connectivity index (χ4n) is 1.88. The molecule has 0 saturated heterocycles. The maximum atomic E-state index is 12.8. The predicted molar refractivity (Wildman–Crippen MR) is 79.3 cm³/mol. The minimum Gasteiger partial charge on any atom is -0.264 e. The van der Waals surface area contributed by atoms with Gasteiger partial charge in [-0.05, 0) is 29.8 Å². The highest BCUT2D eigenvalue weighted by Crippen LogP contribution is 2.34. The first-order valence-corrected chi connectivity index (χ1v) is 8.16. The maximum absolute atomic E-state index is 12.8. The number of rotatable bonds is 4. The SMILES string of the molecule is CN(Cc1cccnc1)S(=O)(=O)c1cc(C(F)(F)F)ccc1Cl. The Balaban J connectivity index is 2.39. The number of nitrogens with zero attached hydrogens (tertiary/aromatic N) is 2. The van der Waals surface area contributed by atoms with Crippen molar-refractivity contribution in [1.29, 1.82) is 0 Å². The molecule has 4 nitrogen and oxygen atoms in total. The van der Waals surface area contributed by atoms with Crippen molar-refractivity contribution < 1.29 is 21.6 Å². The fraction of sp³-hybridized carbons (Fsp3) is 0.214.